The fourth-order valence-corrected chi connectivity index (χ4v) is 1.08. The molecule has 4 nitrogen and oxygen atoms in total. The maximum absolute atomic E-state index is 10.9. The summed E-state index contributed by atoms with van der Waals surface area (Å²) in [5.41, 5.74) is -1.53. The van der Waals surface area contributed by atoms with E-state index in [-0.39, 0.29) is 68.6 Å². The Labute approximate surface area is 139 Å². The predicted octanol–water partition coefficient (Wildman–Crippen LogP) is -5.17. The maximum Gasteiger partial charge on any atom is 1.00 e. The van der Waals surface area contributed by atoms with Gasteiger partial charge in [0.2, 0.25) is 0 Å². The quantitative estimate of drug-likeness (QED) is 0.418. The standard InChI is InChI=1S/C9H19NO3.2Na.2H/c1-5-9(4,7(12)13)10-8(2,3)6-11;;;;/h10-11H,5-6H2,1-4H3,(H,12,13);;;;/q;2*+1;2*-1. The van der Waals surface area contributed by atoms with E-state index in [2.05, 4.69) is 5.32 Å². The summed E-state index contributed by atoms with van der Waals surface area (Å²) in [6, 6.07) is 0. The average molecular weight is 237 g/mol. The number of aliphatic carboxylic acids is 1. The second-order valence-electron chi connectivity index (χ2n) is 4.16. The van der Waals surface area contributed by atoms with Crippen LogP contribution in [0.4, 0.5) is 0 Å². The number of carboxylic acid groups (broad SMARTS) is 1. The van der Waals surface area contributed by atoms with Gasteiger partial charge in [0.15, 0.2) is 0 Å². The molecule has 0 spiro atoms. The molecule has 82 valence electrons. The Hall–Kier alpha value is 1.39. The fourth-order valence-electron chi connectivity index (χ4n) is 1.08. The van der Waals surface area contributed by atoms with Crippen LogP contribution in [0.5, 0.6) is 0 Å². The van der Waals surface area contributed by atoms with Gasteiger partial charge in [-0.1, -0.05) is 6.92 Å². The van der Waals surface area contributed by atoms with Crippen LogP contribution >= 0.6 is 0 Å². The smallest absolute Gasteiger partial charge is 1.00 e. The number of hydrogen-bond donors (Lipinski definition) is 3. The number of rotatable bonds is 5. The van der Waals surface area contributed by atoms with Gasteiger partial charge in [0.05, 0.1) is 6.61 Å². The third kappa shape index (κ3) is 7.34. The predicted molar refractivity (Wildman–Crippen MR) is 52.9 cm³/mol. The van der Waals surface area contributed by atoms with Gasteiger partial charge in [-0.15, -0.1) is 0 Å². The van der Waals surface area contributed by atoms with E-state index in [1.165, 1.54) is 0 Å². The van der Waals surface area contributed by atoms with E-state index in [1.807, 2.05) is 0 Å². The largest absolute Gasteiger partial charge is 1.00 e. The molecule has 0 fully saturated rings. The number of aliphatic hydroxyl groups excluding tert-OH is 1. The van der Waals surface area contributed by atoms with Gasteiger partial charge in [-0.3, -0.25) is 10.1 Å². The summed E-state index contributed by atoms with van der Waals surface area (Å²) in [5, 5.41) is 20.8. The van der Waals surface area contributed by atoms with E-state index >= 15 is 0 Å². The van der Waals surface area contributed by atoms with Crippen LogP contribution in [0.15, 0.2) is 0 Å². The van der Waals surface area contributed by atoms with Crippen LogP contribution in [-0.2, 0) is 4.79 Å². The maximum atomic E-state index is 10.9. The van der Waals surface area contributed by atoms with Gasteiger partial charge in [0.1, 0.15) is 5.54 Å². The molecule has 0 aliphatic heterocycles. The first-order chi connectivity index (χ1) is 5.77. The number of nitrogens with one attached hydrogen (secondary N) is 1. The van der Waals surface area contributed by atoms with Crippen LogP contribution in [-0.4, -0.2) is 33.9 Å². The van der Waals surface area contributed by atoms with Crippen LogP contribution in [0.25, 0.3) is 0 Å². The molecule has 1 atom stereocenters. The van der Waals surface area contributed by atoms with Gasteiger partial charge in [0.25, 0.3) is 0 Å². The second kappa shape index (κ2) is 8.48. The minimum absolute atomic E-state index is 0. The number of hydrogen-bond acceptors (Lipinski definition) is 3. The molecule has 0 rings (SSSR count). The van der Waals surface area contributed by atoms with E-state index in [1.54, 1.807) is 27.7 Å². The number of aliphatic hydroxyl groups is 1. The first-order valence-electron chi connectivity index (χ1n) is 4.41. The van der Waals surface area contributed by atoms with Gasteiger partial charge in [-0.25, -0.2) is 0 Å². The zero-order valence-corrected chi connectivity index (χ0v) is 14.7. The van der Waals surface area contributed by atoms with Crippen molar-refractivity contribution in [3.05, 3.63) is 0 Å². The second-order valence-corrected chi connectivity index (χ2v) is 4.16. The molecule has 0 heterocycles. The topological polar surface area (TPSA) is 69.6 Å². The molecule has 0 saturated carbocycles. The average Bonchev–Trinajstić information content (AvgIpc) is 2.03. The summed E-state index contributed by atoms with van der Waals surface area (Å²) in [5.74, 6) is -0.892. The normalized spacial score (nSPS) is 14.5. The third-order valence-corrected chi connectivity index (χ3v) is 2.19. The number of carbonyl (C=O) groups is 1. The van der Waals surface area contributed by atoms with Crippen LogP contribution in [0, 0.1) is 0 Å². The molecule has 0 amide bonds. The van der Waals surface area contributed by atoms with Crippen LogP contribution in [0.3, 0.4) is 0 Å². The van der Waals surface area contributed by atoms with Crippen molar-refractivity contribution in [1.82, 2.24) is 5.32 Å². The molecule has 15 heavy (non-hydrogen) atoms. The minimum atomic E-state index is -0.966. The molecule has 3 N–H and O–H groups in total. The fraction of sp³-hybridized carbons (Fsp3) is 0.889. The summed E-state index contributed by atoms with van der Waals surface area (Å²) in [6.07, 6.45) is 0.478. The molecule has 0 radical (unpaired) electrons. The van der Waals surface area contributed by atoms with Crippen molar-refractivity contribution in [1.29, 1.82) is 0 Å². The monoisotopic (exact) mass is 237 g/mol. The van der Waals surface area contributed by atoms with Crippen molar-refractivity contribution < 1.29 is 77.0 Å². The van der Waals surface area contributed by atoms with Crippen molar-refractivity contribution in [2.45, 2.75) is 45.2 Å². The zero-order chi connectivity index (χ0) is 10.7. The first-order valence-corrected chi connectivity index (χ1v) is 4.41. The van der Waals surface area contributed by atoms with Crippen LogP contribution in [0.1, 0.15) is 37.0 Å². The number of carboxylic acids is 1. The van der Waals surface area contributed by atoms with Gasteiger partial charge in [-0.05, 0) is 27.2 Å². The molecular formula is C9H21NNa2O3. The summed E-state index contributed by atoms with van der Waals surface area (Å²) in [7, 11) is 0. The van der Waals surface area contributed by atoms with E-state index in [9.17, 15) is 4.79 Å². The van der Waals surface area contributed by atoms with Crippen molar-refractivity contribution in [2.75, 3.05) is 6.61 Å². The van der Waals surface area contributed by atoms with E-state index in [4.69, 9.17) is 10.2 Å². The molecule has 0 bridgehead atoms. The van der Waals surface area contributed by atoms with Gasteiger partial charge in [0, 0.05) is 5.54 Å². The molecule has 0 aromatic rings. The van der Waals surface area contributed by atoms with Gasteiger partial charge in [-0.2, -0.15) is 0 Å². The Morgan fingerprint density at radius 1 is 1.33 bits per heavy atom. The minimum Gasteiger partial charge on any atom is -1.00 e. The Morgan fingerprint density at radius 3 is 1.93 bits per heavy atom. The Bertz CT molecular complexity index is 209. The van der Waals surface area contributed by atoms with E-state index < -0.39 is 17.0 Å². The molecule has 0 aromatic heterocycles. The van der Waals surface area contributed by atoms with Crippen molar-refractivity contribution in [3.63, 3.8) is 0 Å². The molecule has 0 saturated heterocycles. The summed E-state index contributed by atoms with van der Waals surface area (Å²) < 4.78 is 0. The zero-order valence-electron chi connectivity index (χ0n) is 12.7. The summed E-state index contributed by atoms with van der Waals surface area (Å²) >= 11 is 0. The van der Waals surface area contributed by atoms with Gasteiger partial charge >= 0.3 is 65.1 Å². The van der Waals surface area contributed by atoms with Crippen LogP contribution < -0.4 is 64.4 Å². The van der Waals surface area contributed by atoms with Gasteiger partial charge < -0.3 is 13.1 Å². The SMILES string of the molecule is CCC(C)(NC(C)(C)CO)C(=O)O.[H-].[H-].[Na+].[Na+]. The third-order valence-electron chi connectivity index (χ3n) is 2.19. The van der Waals surface area contributed by atoms with Crippen LogP contribution in [0.2, 0.25) is 0 Å². The van der Waals surface area contributed by atoms with E-state index in [0.717, 1.165) is 0 Å². The summed E-state index contributed by atoms with van der Waals surface area (Å²) in [4.78, 5) is 10.9. The Balaban J connectivity index is -0.000000120. The molecule has 0 aliphatic carbocycles. The molecule has 0 aromatic carbocycles. The molecular weight excluding hydrogens is 216 g/mol. The molecule has 6 heteroatoms. The first kappa shape index (κ1) is 21.7. The van der Waals surface area contributed by atoms with Crippen molar-refractivity contribution in [2.24, 2.45) is 0 Å². The Morgan fingerprint density at radius 2 is 1.73 bits per heavy atom. The molecule has 0 aliphatic rings. The van der Waals surface area contributed by atoms with Crippen molar-refractivity contribution >= 4 is 5.97 Å². The Kier molecular flexibility index (Phi) is 12.2. The summed E-state index contributed by atoms with van der Waals surface area (Å²) in [6.45, 7) is 6.87. The van der Waals surface area contributed by atoms with Crippen molar-refractivity contribution in [3.8, 4) is 0 Å². The van der Waals surface area contributed by atoms with E-state index in [0.29, 0.717) is 6.42 Å². The molecule has 1 unspecified atom stereocenters.